The Kier molecular flexibility index (Phi) is 3.39. The molecule has 0 unspecified atom stereocenters. The zero-order valence-corrected chi connectivity index (χ0v) is 12.6. The summed E-state index contributed by atoms with van der Waals surface area (Å²) in [6.45, 7) is 1.46. The first-order valence-electron chi connectivity index (χ1n) is 7.79. The number of morpholine rings is 1. The molecule has 0 saturated carbocycles. The second kappa shape index (κ2) is 5.41. The summed E-state index contributed by atoms with van der Waals surface area (Å²) in [6, 6.07) is 8.50. The molecule has 0 spiro atoms. The van der Waals surface area contributed by atoms with E-state index in [1.165, 1.54) is 0 Å². The number of hydrogen-bond acceptors (Lipinski definition) is 4. The van der Waals surface area contributed by atoms with Gasteiger partial charge in [-0.25, -0.2) is 4.79 Å². The van der Waals surface area contributed by atoms with E-state index < -0.39 is 0 Å². The molecule has 0 radical (unpaired) electrons. The van der Waals surface area contributed by atoms with Gasteiger partial charge in [0.25, 0.3) is 0 Å². The number of nitrogens with one attached hydrogen (secondary N) is 1. The summed E-state index contributed by atoms with van der Waals surface area (Å²) in [7, 11) is 2.13. The fourth-order valence-electron chi connectivity index (χ4n) is 3.60. The maximum absolute atomic E-state index is 12.5. The maximum Gasteiger partial charge on any atom is 0.340 e. The Balaban J connectivity index is 1.50. The predicted molar refractivity (Wildman–Crippen MR) is 82.9 cm³/mol. The molecule has 2 bridgehead atoms. The minimum atomic E-state index is -0.231. The molecule has 5 nitrogen and oxygen atoms in total. The van der Waals surface area contributed by atoms with Crippen LogP contribution in [0.3, 0.4) is 0 Å². The molecular weight excluding hydrogens is 280 g/mol. The van der Waals surface area contributed by atoms with Crippen molar-refractivity contribution in [2.45, 2.75) is 31.0 Å². The fraction of sp³-hybridized carbons (Fsp3) is 0.471. The van der Waals surface area contributed by atoms with Gasteiger partial charge < -0.3 is 14.5 Å². The number of piperidine rings is 1. The van der Waals surface area contributed by atoms with E-state index in [1.54, 1.807) is 6.20 Å². The van der Waals surface area contributed by atoms with E-state index >= 15 is 0 Å². The van der Waals surface area contributed by atoms with E-state index in [4.69, 9.17) is 9.47 Å². The summed E-state index contributed by atoms with van der Waals surface area (Å²) in [5.74, 6) is -0.231. The normalized spacial score (nSPS) is 28.7. The van der Waals surface area contributed by atoms with Crippen LogP contribution >= 0.6 is 0 Å². The van der Waals surface area contributed by atoms with Crippen LogP contribution in [-0.2, 0) is 9.47 Å². The van der Waals surface area contributed by atoms with Gasteiger partial charge in [-0.15, -0.1) is 0 Å². The van der Waals surface area contributed by atoms with Gasteiger partial charge >= 0.3 is 5.97 Å². The van der Waals surface area contributed by atoms with E-state index in [0.29, 0.717) is 17.6 Å². The van der Waals surface area contributed by atoms with Crippen LogP contribution in [0.5, 0.6) is 0 Å². The highest BCUT2D eigenvalue weighted by Crippen LogP contribution is 2.29. The molecular formula is C17H20N2O3. The van der Waals surface area contributed by atoms with Gasteiger partial charge in [0.15, 0.2) is 0 Å². The van der Waals surface area contributed by atoms with Crippen molar-refractivity contribution in [1.29, 1.82) is 0 Å². The molecule has 0 aliphatic carbocycles. The standard InChI is InChI=1S/C17H20N2O3/c1-19-11-6-13(7-12(19)10-21-9-11)22-17(20)15-8-18-16-5-3-2-4-14(15)16/h2-5,8,11-13,18H,6-7,9-10H2,1H3/t11-,12+,13-. The highest BCUT2D eigenvalue weighted by atomic mass is 16.5. The quantitative estimate of drug-likeness (QED) is 0.864. The zero-order valence-electron chi connectivity index (χ0n) is 12.6. The number of esters is 1. The summed E-state index contributed by atoms with van der Waals surface area (Å²) in [5, 5.41) is 0.920. The smallest absolute Gasteiger partial charge is 0.340 e. The lowest BCUT2D eigenvalue weighted by atomic mass is 9.92. The Hall–Kier alpha value is -1.85. The first kappa shape index (κ1) is 13.8. The highest BCUT2D eigenvalue weighted by Gasteiger charge is 2.38. The van der Waals surface area contributed by atoms with E-state index in [2.05, 4.69) is 16.9 Å². The minimum Gasteiger partial charge on any atom is -0.459 e. The van der Waals surface area contributed by atoms with Gasteiger partial charge in [0.05, 0.1) is 18.8 Å². The molecule has 2 saturated heterocycles. The Morgan fingerprint density at radius 2 is 2.00 bits per heavy atom. The molecule has 2 fully saturated rings. The monoisotopic (exact) mass is 300 g/mol. The largest absolute Gasteiger partial charge is 0.459 e. The van der Waals surface area contributed by atoms with E-state index in [0.717, 1.165) is 37.0 Å². The van der Waals surface area contributed by atoms with Crippen LogP contribution in [0.15, 0.2) is 30.5 Å². The number of fused-ring (bicyclic) bond motifs is 3. The molecule has 3 atom stereocenters. The lowest BCUT2D eigenvalue weighted by Crippen LogP contribution is -2.56. The Bertz CT molecular complexity index is 682. The number of H-pyrrole nitrogens is 1. The van der Waals surface area contributed by atoms with E-state index in [9.17, 15) is 4.79 Å². The van der Waals surface area contributed by atoms with Gasteiger partial charge in [-0.3, -0.25) is 4.90 Å². The number of aromatic nitrogens is 1. The van der Waals surface area contributed by atoms with Crippen molar-refractivity contribution in [3.05, 3.63) is 36.0 Å². The molecule has 4 rings (SSSR count). The lowest BCUT2D eigenvalue weighted by molar-refractivity contribution is -0.0970. The third kappa shape index (κ3) is 2.30. The minimum absolute atomic E-state index is 0.0173. The van der Waals surface area contributed by atoms with Gasteiger partial charge in [-0.2, -0.15) is 0 Å². The number of nitrogens with zero attached hydrogens (tertiary/aromatic N) is 1. The van der Waals surface area contributed by atoms with Crippen LogP contribution in [0.25, 0.3) is 10.9 Å². The summed E-state index contributed by atoms with van der Waals surface area (Å²) in [6.07, 6.45) is 3.42. The number of likely N-dealkylation sites (N-methyl/N-ethyl adjacent to an activating group) is 1. The summed E-state index contributed by atoms with van der Waals surface area (Å²) in [4.78, 5) is 18.0. The molecule has 2 aliphatic heterocycles. The first-order valence-corrected chi connectivity index (χ1v) is 7.79. The SMILES string of the molecule is CN1[C@@H]2COC[C@H]1C[C@@H](OC(=O)c1c[nH]c3ccccc13)C2. The predicted octanol–water partition coefficient (Wildman–Crippen LogP) is 2.19. The van der Waals surface area contributed by atoms with Crippen molar-refractivity contribution in [3.63, 3.8) is 0 Å². The average Bonchev–Trinajstić information content (AvgIpc) is 2.92. The number of carbonyl (C=O) groups excluding carboxylic acids is 1. The summed E-state index contributed by atoms with van der Waals surface area (Å²) < 4.78 is 11.4. The number of para-hydroxylation sites is 1. The van der Waals surface area contributed by atoms with Gasteiger partial charge in [-0.05, 0) is 13.1 Å². The van der Waals surface area contributed by atoms with Crippen molar-refractivity contribution in [2.75, 3.05) is 20.3 Å². The van der Waals surface area contributed by atoms with Crippen molar-refractivity contribution in [3.8, 4) is 0 Å². The van der Waals surface area contributed by atoms with Crippen molar-refractivity contribution >= 4 is 16.9 Å². The lowest BCUT2D eigenvalue weighted by Gasteiger charge is -2.46. The van der Waals surface area contributed by atoms with Crippen LogP contribution in [0.1, 0.15) is 23.2 Å². The molecule has 3 heterocycles. The summed E-state index contributed by atoms with van der Waals surface area (Å²) >= 11 is 0. The van der Waals surface area contributed by atoms with Crippen LogP contribution in [0, 0.1) is 0 Å². The topological polar surface area (TPSA) is 54.6 Å². The highest BCUT2D eigenvalue weighted by molar-refractivity contribution is 6.04. The van der Waals surface area contributed by atoms with Crippen molar-refractivity contribution in [2.24, 2.45) is 0 Å². The van der Waals surface area contributed by atoms with Crippen LogP contribution in [-0.4, -0.2) is 54.3 Å². The Labute approximate surface area is 129 Å². The molecule has 1 aromatic carbocycles. The Morgan fingerprint density at radius 1 is 1.27 bits per heavy atom. The molecule has 2 aliphatic rings. The van der Waals surface area contributed by atoms with Gasteiger partial charge in [0.2, 0.25) is 0 Å². The van der Waals surface area contributed by atoms with Crippen LogP contribution < -0.4 is 0 Å². The zero-order chi connectivity index (χ0) is 15.1. The van der Waals surface area contributed by atoms with Crippen LogP contribution in [0.2, 0.25) is 0 Å². The number of benzene rings is 1. The molecule has 2 aromatic rings. The van der Waals surface area contributed by atoms with Crippen molar-refractivity contribution in [1.82, 2.24) is 9.88 Å². The van der Waals surface area contributed by atoms with Gasteiger partial charge in [-0.1, -0.05) is 18.2 Å². The van der Waals surface area contributed by atoms with E-state index in [-0.39, 0.29) is 12.1 Å². The van der Waals surface area contributed by atoms with E-state index in [1.807, 2.05) is 24.3 Å². The molecule has 22 heavy (non-hydrogen) atoms. The second-order valence-corrected chi connectivity index (χ2v) is 6.26. The number of hydrogen-bond donors (Lipinski definition) is 1. The first-order chi connectivity index (χ1) is 10.7. The van der Waals surface area contributed by atoms with Crippen LogP contribution in [0.4, 0.5) is 0 Å². The third-order valence-corrected chi connectivity index (χ3v) is 4.93. The second-order valence-electron chi connectivity index (χ2n) is 6.26. The van der Waals surface area contributed by atoms with Crippen molar-refractivity contribution < 1.29 is 14.3 Å². The average molecular weight is 300 g/mol. The fourth-order valence-corrected chi connectivity index (χ4v) is 3.60. The third-order valence-electron chi connectivity index (χ3n) is 4.93. The molecule has 116 valence electrons. The van der Waals surface area contributed by atoms with Gasteiger partial charge in [0, 0.05) is 42.0 Å². The molecule has 1 N–H and O–H groups in total. The number of rotatable bonds is 2. The number of carbonyl (C=O) groups is 1. The maximum atomic E-state index is 12.5. The summed E-state index contributed by atoms with van der Waals surface area (Å²) in [5.41, 5.74) is 1.58. The molecule has 1 aromatic heterocycles. The number of ether oxygens (including phenoxy) is 2. The Morgan fingerprint density at radius 3 is 2.77 bits per heavy atom. The number of aromatic amines is 1. The molecule has 5 heteroatoms. The molecule has 0 amide bonds. The van der Waals surface area contributed by atoms with Gasteiger partial charge in [0.1, 0.15) is 6.10 Å².